The molecule has 0 bridgehead atoms. The summed E-state index contributed by atoms with van der Waals surface area (Å²) < 4.78 is 12.2. The van der Waals surface area contributed by atoms with E-state index < -0.39 is 0 Å². The van der Waals surface area contributed by atoms with E-state index in [-0.39, 0.29) is 29.5 Å². The van der Waals surface area contributed by atoms with Crippen LogP contribution < -0.4 is 16.2 Å². The summed E-state index contributed by atoms with van der Waals surface area (Å²) in [6.45, 7) is 3.35. The number of carbonyl (C=O) groups excluding carboxylic acids is 1. The fraction of sp³-hybridized carbons (Fsp3) is 0.310. The van der Waals surface area contributed by atoms with Crippen LogP contribution in [0.2, 0.25) is 0 Å². The summed E-state index contributed by atoms with van der Waals surface area (Å²) in [4.78, 5) is 28.0. The molecule has 4 aromatic rings. The summed E-state index contributed by atoms with van der Waals surface area (Å²) >= 11 is 0. The van der Waals surface area contributed by atoms with Gasteiger partial charge in [0.1, 0.15) is 34.2 Å². The lowest BCUT2D eigenvalue weighted by Gasteiger charge is -2.31. The number of carbonyl (C=O) groups is 1. The standard InChI is InChI=1S/C29H30N6O3/c1-17-4-2-6-22-25(17)38-28(34-22)18-9-11-21(12-10-18)37-23-13-14-32-26(30)24(23)27(31)33-20-5-3-15-35(16-20)29(36)19-7-8-19/h2,4,6,9-14,19-20H,3,5,7-8,15-16H2,1H3,(H2,30,32)(H2,31,33). The third-order valence-electron chi connectivity index (χ3n) is 7.10. The van der Waals surface area contributed by atoms with Crippen LogP contribution >= 0.6 is 0 Å². The lowest BCUT2D eigenvalue weighted by molar-refractivity contribution is -0.133. The van der Waals surface area contributed by atoms with Gasteiger partial charge in [-0.3, -0.25) is 9.79 Å². The molecule has 3 heterocycles. The Bertz CT molecular complexity index is 1520. The number of anilines is 1. The van der Waals surface area contributed by atoms with Gasteiger partial charge in [-0.2, -0.15) is 0 Å². The van der Waals surface area contributed by atoms with Crippen LogP contribution in [0.4, 0.5) is 5.82 Å². The average molecular weight is 511 g/mol. The molecule has 38 heavy (non-hydrogen) atoms. The normalized spacial score (nSPS) is 18.1. The van der Waals surface area contributed by atoms with E-state index in [0.29, 0.717) is 29.5 Å². The number of aliphatic imine (C=N–C) groups is 1. The van der Waals surface area contributed by atoms with Crippen LogP contribution in [0.25, 0.3) is 22.6 Å². The average Bonchev–Trinajstić information content (AvgIpc) is 3.67. The number of pyridine rings is 1. The number of benzene rings is 2. The minimum absolute atomic E-state index is 0.0851. The number of rotatable bonds is 6. The number of likely N-dealkylation sites (tertiary alicyclic amines) is 1. The van der Waals surface area contributed by atoms with Gasteiger partial charge in [-0.05, 0) is 68.5 Å². The molecule has 1 amide bonds. The van der Waals surface area contributed by atoms with E-state index in [0.717, 1.165) is 54.5 Å². The van der Waals surface area contributed by atoms with Gasteiger partial charge >= 0.3 is 0 Å². The molecule has 4 N–H and O–H groups in total. The van der Waals surface area contributed by atoms with Crippen molar-refractivity contribution in [3.05, 3.63) is 65.9 Å². The molecular weight excluding hydrogens is 480 g/mol. The molecule has 0 spiro atoms. The summed E-state index contributed by atoms with van der Waals surface area (Å²) in [6.07, 6.45) is 5.33. The second kappa shape index (κ2) is 9.81. The van der Waals surface area contributed by atoms with Crippen molar-refractivity contribution in [2.75, 3.05) is 18.8 Å². The van der Waals surface area contributed by atoms with E-state index in [1.165, 1.54) is 0 Å². The van der Waals surface area contributed by atoms with Gasteiger partial charge in [0.15, 0.2) is 5.58 Å². The molecule has 1 saturated carbocycles. The summed E-state index contributed by atoms with van der Waals surface area (Å²) in [5, 5.41) is 0. The molecule has 2 fully saturated rings. The second-order valence-electron chi connectivity index (χ2n) is 10.0. The van der Waals surface area contributed by atoms with Gasteiger partial charge in [0.25, 0.3) is 0 Å². The topological polar surface area (TPSA) is 133 Å². The van der Waals surface area contributed by atoms with Gasteiger partial charge in [-0.25, -0.2) is 9.97 Å². The smallest absolute Gasteiger partial charge is 0.227 e. The number of aryl methyl sites for hydroxylation is 1. The quantitative estimate of drug-likeness (QED) is 0.284. The Morgan fingerprint density at radius 3 is 2.71 bits per heavy atom. The predicted molar refractivity (Wildman–Crippen MR) is 146 cm³/mol. The Balaban J connectivity index is 1.21. The van der Waals surface area contributed by atoms with Crippen molar-refractivity contribution < 1.29 is 13.9 Å². The number of ether oxygens (including phenoxy) is 1. The minimum atomic E-state index is -0.0851. The van der Waals surface area contributed by atoms with Gasteiger partial charge in [0.2, 0.25) is 11.8 Å². The number of hydrogen-bond acceptors (Lipinski definition) is 7. The largest absolute Gasteiger partial charge is 0.456 e. The number of para-hydroxylation sites is 1. The van der Waals surface area contributed by atoms with Crippen LogP contribution in [0.3, 0.4) is 0 Å². The number of fused-ring (bicyclic) bond motifs is 1. The minimum Gasteiger partial charge on any atom is -0.456 e. The maximum atomic E-state index is 12.5. The van der Waals surface area contributed by atoms with Crippen molar-refractivity contribution in [1.82, 2.24) is 14.9 Å². The highest BCUT2D eigenvalue weighted by atomic mass is 16.5. The lowest BCUT2D eigenvalue weighted by atomic mass is 10.1. The molecule has 9 nitrogen and oxygen atoms in total. The molecule has 1 aliphatic heterocycles. The molecule has 1 saturated heterocycles. The first kappa shape index (κ1) is 24.0. The highest BCUT2D eigenvalue weighted by Crippen LogP contribution is 2.33. The first-order valence-corrected chi connectivity index (χ1v) is 13.0. The summed E-state index contributed by atoms with van der Waals surface area (Å²) in [5.74, 6) is 2.55. The van der Waals surface area contributed by atoms with Crippen molar-refractivity contribution in [2.45, 2.75) is 38.6 Å². The molecule has 2 aromatic carbocycles. The third-order valence-corrected chi connectivity index (χ3v) is 7.10. The number of piperidine rings is 1. The molecule has 6 rings (SSSR count). The zero-order chi connectivity index (χ0) is 26.2. The fourth-order valence-corrected chi connectivity index (χ4v) is 4.91. The number of amidine groups is 1. The first-order chi connectivity index (χ1) is 18.5. The van der Waals surface area contributed by atoms with E-state index in [2.05, 4.69) is 9.97 Å². The van der Waals surface area contributed by atoms with Crippen molar-refractivity contribution in [2.24, 2.45) is 16.6 Å². The van der Waals surface area contributed by atoms with Gasteiger partial charge < -0.3 is 25.5 Å². The highest BCUT2D eigenvalue weighted by Gasteiger charge is 2.35. The Labute approximate surface area is 220 Å². The van der Waals surface area contributed by atoms with Crippen LogP contribution in [0, 0.1) is 12.8 Å². The lowest BCUT2D eigenvalue weighted by Crippen LogP contribution is -2.43. The maximum Gasteiger partial charge on any atom is 0.227 e. The van der Waals surface area contributed by atoms with E-state index in [1.807, 2.05) is 54.3 Å². The number of nitrogens with two attached hydrogens (primary N) is 2. The molecule has 1 unspecified atom stereocenters. The Kier molecular flexibility index (Phi) is 6.19. The summed E-state index contributed by atoms with van der Waals surface area (Å²) in [6, 6.07) is 15.0. The third kappa shape index (κ3) is 4.79. The number of nitrogen functional groups attached to an aromatic ring is 1. The Morgan fingerprint density at radius 1 is 1.13 bits per heavy atom. The first-order valence-electron chi connectivity index (χ1n) is 13.0. The van der Waals surface area contributed by atoms with Gasteiger partial charge in [-0.15, -0.1) is 0 Å². The molecule has 1 aliphatic carbocycles. The van der Waals surface area contributed by atoms with Crippen molar-refractivity contribution >= 4 is 28.7 Å². The van der Waals surface area contributed by atoms with Crippen LogP contribution in [-0.2, 0) is 4.79 Å². The van der Waals surface area contributed by atoms with Gasteiger partial charge in [0, 0.05) is 36.8 Å². The van der Waals surface area contributed by atoms with Crippen LogP contribution in [0.5, 0.6) is 11.5 Å². The van der Waals surface area contributed by atoms with E-state index in [4.69, 9.17) is 25.6 Å². The zero-order valence-corrected chi connectivity index (χ0v) is 21.3. The van der Waals surface area contributed by atoms with Crippen molar-refractivity contribution in [3.63, 3.8) is 0 Å². The predicted octanol–water partition coefficient (Wildman–Crippen LogP) is 4.68. The monoisotopic (exact) mass is 510 g/mol. The number of oxazole rings is 1. The van der Waals surface area contributed by atoms with Gasteiger partial charge in [-0.1, -0.05) is 12.1 Å². The number of hydrogen-bond donors (Lipinski definition) is 2. The molecule has 194 valence electrons. The second-order valence-corrected chi connectivity index (χ2v) is 10.0. The van der Waals surface area contributed by atoms with E-state index >= 15 is 0 Å². The SMILES string of the molecule is Cc1cccc2nc(-c3ccc(Oc4ccnc(N)c4C(N)=NC4CCCN(C(=O)C5CC5)C4)cc3)oc12. The van der Waals surface area contributed by atoms with Crippen LogP contribution in [0.15, 0.2) is 64.1 Å². The maximum absolute atomic E-state index is 12.5. The number of amides is 1. The Morgan fingerprint density at radius 2 is 1.95 bits per heavy atom. The van der Waals surface area contributed by atoms with E-state index in [1.54, 1.807) is 12.3 Å². The molecule has 1 atom stereocenters. The number of aromatic nitrogens is 2. The summed E-state index contributed by atoms with van der Waals surface area (Å²) in [5.41, 5.74) is 16.6. The van der Waals surface area contributed by atoms with Crippen molar-refractivity contribution in [1.29, 1.82) is 0 Å². The number of nitrogens with zero attached hydrogens (tertiary/aromatic N) is 4. The Hall–Kier alpha value is -4.40. The molecule has 2 aliphatic rings. The van der Waals surface area contributed by atoms with Crippen molar-refractivity contribution in [3.8, 4) is 23.0 Å². The highest BCUT2D eigenvalue weighted by molar-refractivity contribution is 6.04. The van der Waals surface area contributed by atoms with Crippen LogP contribution in [-0.4, -0.2) is 45.7 Å². The van der Waals surface area contributed by atoms with Crippen LogP contribution in [0.1, 0.15) is 36.8 Å². The summed E-state index contributed by atoms with van der Waals surface area (Å²) in [7, 11) is 0. The van der Waals surface area contributed by atoms with E-state index in [9.17, 15) is 4.79 Å². The molecule has 0 radical (unpaired) electrons. The zero-order valence-electron chi connectivity index (χ0n) is 21.3. The molecular formula is C29H30N6O3. The molecule has 9 heteroatoms. The fourth-order valence-electron chi connectivity index (χ4n) is 4.91. The van der Waals surface area contributed by atoms with Gasteiger partial charge in [0.05, 0.1) is 6.04 Å². The molecule has 2 aromatic heterocycles.